The monoisotopic (exact) mass is 207 g/mol. The van der Waals surface area contributed by atoms with E-state index in [4.69, 9.17) is 5.73 Å². The predicted molar refractivity (Wildman–Crippen MR) is 60.0 cm³/mol. The molecule has 0 aliphatic heterocycles. The van der Waals surface area contributed by atoms with Gasteiger partial charge in [-0.15, -0.1) is 0 Å². The van der Waals surface area contributed by atoms with Crippen LogP contribution in [0.5, 0.6) is 0 Å². The molecule has 0 saturated heterocycles. The molecule has 0 aromatic heterocycles. The number of rotatable bonds is 5. The van der Waals surface area contributed by atoms with Crippen molar-refractivity contribution < 1.29 is 4.79 Å². The summed E-state index contributed by atoms with van der Waals surface area (Å²) in [5, 5.41) is 1.73. The van der Waals surface area contributed by atoms with Crippen LogP contribution in [0.15, 0.2) is 30.3 Å². The van der Waals surface area contributed by atoms with Gasteiger partial charge in [0.25, 0.3) is 0 Å². The van der Waals surface area contributed by atoms with Crippen molar-refractivity contribution in [3.05, 3.63) is 35.9 Å². The van der Waals surface area contributed by atoms with Crippen molar-refractivity contribution in [2.24, 2.45) is 5.73 Å². The minimum atomic E-state index is -0.359. The zero-order valence-electron chi connectivity index (χ0n) is 9.10. The smallest absolute Gasteiger partial charge is 0.236 e. The lowest BCUT2D eigenvalue weighted by Crippen LogP contribution is -2.48. The highest BCUT2D eigenvalue weighted by Crippen LogP contribution is 2.02. The fraction of sp³-hybridized carbons (Fsp3) is 0.364. The van der Waals surface area contributed by atoms with Crippen LogP contribution in [0, 0.1) is 0 Å². The van der Waals surface area contributed by atoms with Gasteiger partial charge >= 0.3 is 0 Å². The number of nitrogens with two attached hydrogens (primary N) is 1. The first kappa shape index (κ1) is 11.7. The van der Waals surface area contributed by atoms with Gasteiger partial charge in [0, 0.05) is 14.1 Å². The van der Waals surface area contributed by atoms with Gasteiger partial charge in [0.15, 0.2) is 0 Å². The molecule has 0 unspecified atom stereocenters. The maximum Gasteiger partial charge on any atom is 0.236 e. The quantitative estimate of drug-likeness (QED) is 0.676. The first-order valence-corrected chi connectivity index (χ1v) is 4.86. The largest absolute Gasteiger partial charge is 0.368 e. The van der Waals surface area contributed by atoms with E-state index in [2.05, 4.69) is 5.43 Å². The van der Waals surface area contributed by atoms with Gasteiger partial charge in [-0.3, -0.25) is 4.79 Å². The van der Waals surface area contributed by atoms with E-state index < -0.39 is 0 Å². The molecule has 1 atom stereocenters. The lowest BCUT2D eigenvalue weighted by Gasteiger charge is -2.20. The van der Waals surface area contributed by atoms with Crippen molar-refractivity contribution in [3.8, 4) is 0 Å². The van der Waals surface area contributed by atoms with Crippen molar-refractivity contribution in [1.82, 2.24) is 10.4 Å². The summed E-state index contributed by atoms with van der Waals surface area (Å²) in [4.78, 5) is 11.2. The normalized spacial score (nSPS) is 12.7. The molecule has 0 spiro atoms. The molecule has 1 rings (SSSR count). The van der Waals surface area contributed by atoms with Crippen molar-refractivity contribution in [3.63, 3.8) is 0 Å². The van der Waals surface area contributed by atoms with Crippen LogP contribution in [-0.2, 0) is 11.2 Å². The molecule has 82 valence electrons. The van der Waals surface area contributed by atoms with Gasteiger partial charge in [0.2, 0.25) is 5.91 Å². The summed E-state index contributed by atoms with van der Waals surface area (Å²) in [6.45, 7) is 0. The summed E-state index contributed by atoms with van der Waals surface area (Å²) in [6, 6.07) is 9.44. The summed E-state index contributed by atoms with van der Waals surface area (Å²) in [5.41, 5.74) is 9.38. The molecule has 1 aromatic rings. The molecule has 0 bridgehead atoms. The van der Waals surface area contributed by atoms with E-state index >= 15 is 0 Å². The molecule has 0 aliphatic rings. The Labute approximate surface area is 90.0 Å². The molecule has 0 saturated carbocycles. The summed E-state index contributed by atoms with van der Waals surface area (Å²) in [6.07, 6.45) is 0.606. The number of benzene rings is 1. The zero-order chi connectivity index (χ0) is 11.3. The third kappa shape index (κ3) is 4.10. The second-order valence-electron chi connectivity index (χ2n) is 3.67. The number of carbonyl (C=O) groups excluding carboxylic acids is 1. The maximum absolute atomic E-state index is 11.2. The molecule has 0 heterocycles. The van der Waals surface area contributed by atoms with Crippen LogP contribution in [-0.4, -0.2) is 31.1 Å². The number of amides is 1. The Bertz CT molecular complexity index is 311. The fourth-order valence-corrected chi connectivity index (χ4v) is 1.37. The average molecular weight is 207 g/mol. The van der Waals surface area contributed by atoms with Crippen molar-refractivity contribution in [2.45, 2.75) is 12.5 Å². The summed E-state index contributed by atoms with van der Waals surface area (Å²) in [7, 11) is 3.67. The van der Waals surface area contributed by atoms with Gasteiger partial charge in [0.05, 0.1) is 0 Å². The minimum Gasteiger partial charge on any atom is -0.368 e. The van der Waals surface area contributed by atoms with E-state index in [1.807, 2.05) is 44.4 Å². The Balaban J connectivity index is 2.63. The summed E-state index contributed by atoms with van der Waals surface area (Å²) >= 11 is 0. The Morgan fingerprint density at radius 3 is 2.47 bits per heavy atom. The van der Waals surface area contributed by atoms with Gasteiger partial charge in [-0.05, 0) is 12.0 Å². The molecular formula is C11H17N3O. The third-order valence-corrected chi connectivity index (χ3v) is 2.04. The Morgan fingerprint density at radius 2 is 2.00 bits per heavy atom. The fourth-order valence-electron chi connectivity index (χ4n) is 1.37. The highest BCUT2D eigenvalue weighted by atomic mass is 16.1. The number of hydrazine groups is 1. The Morgan fingerprint density at radius 1 is 1.40 bits per heavy atom. The van der Waals surface area contributed by atoms with E-state index in [1.54, 1.807) is 5.01 Å². The zero-order valence-corrected chi connectivity index (χ0v) is 9.10. The SMILES string of the molecule is CN(C)N[C@@H](Cc1ccccc1)C(N)=O. The van der Waals surface area contributed by atoms with Crippen molar-refractivity contribution in [2.75, 3.05) is 14.1 Å². The van der Waals surface area contributed by atoms with Gasteiger partial charge in [-0.25, -0.2) is 10.4 Å². The van der Waals surface area contributed by atoms with E-state index in [9.17, 15) is 4.79 Å². The van der Waals surface area contributed by atoms with Gasteiger partial charge in [-0.1, -0.05) is 30.3 Å². The molecule has 4 nitrogen and oxygen atoms in total. The van der Waals surface area contributed by atoms with Gasteiger partial charge in [-0.2, -0.15) is 0 Å². The molecule has 0 fully saturated rings. The van der Waals surface area contributed by atoms with Crippen LogP contribution in [0.1, 0.15) is 5.56 Å². The first-order chi connectivity index (χ1) is 7.09. The van der Waals surface area contributed by atoms with Crippen molar-refractivity contribution in [1.29, 1.82) is 0 Å². The number of nitrogens with one attached hydrogen (secondary N) is 1. The Hall–Kier alpha value is -1.39. The summed E-state index contributed by atoms with van der Waals surface area (Å²) in [5.74, 6) is -0.340. The van der Waals surface area contributed by atoms with Crippen LogP contribution < -0.4 is 11.2 Å². The van der Waals surface area contributed by atoms with Crippen LogP contribution in [0.25, 0.3) is 0 Å². The molecule has 0 aliphatic carbocycles. The number of nitrogens with zero attached hydrogens (tertiary/aromatic N) is 1. The summed E-state index contributed by atoms with van der Waals surface area (Å²) < 4.78 is 0. The highest BCUT2D eigenvalue weighted by molar-refractivity contribution is 5.80. The molecule has 0 radical (unpaired) electrons. The van der Waals surface area contributed by atoms with E-state index in [0.717, 1.165) is 5.56 Å². The second-order valence-corrected chi connectivity index (χ2v) is 3.67. The van der Waals surface area contributed by atoms with Crippen molar-refractivity contribution >= 4 is 5.91 Å². The standard InChI is InChI=1S/C11H17N3O/c1-14(2)13-10(11(12)15)8-9-6-4-3-5-7-9/h3-7,10,13H,8H2,1-2H3,(H2,12,15)/t10-/m0/s1. The van der Waals surface area contributed by atoms with E-state index in [1.165, 1.54) is 0 Å². The molecule has 4 heteroatoms. The molecule has 3 N–H and O–H groups in total. The first-order valence-electron chi connectivity index (χ1n) is 4.86. The average Bonchev–Trinajstić information content (AvgIpc) is 2.17. The molecule has 15 heavy (non-hydrogen) atoms. The van der Waals surface area contributed by atoms with Gasteiger partial charge in [0.1, 0.15) is 6.04 Å². The number of hydrogen-bond donors (Lipinski definition) is 2. The maximum atomic E-state index is 11.2. The van der Waals surface area contributed by atoms with E-state index in [-0.39, 0.29) is 11.9 Å². The minimum absolute atomic E-state index is 0.340. The topological polar surface area (TPSA) is 58.4 Å². The van der Waals surface area contributed by atoms with Gasteiger partial charge < -0.3 is 5.73 Å². The number of carbonyl (C=O) groups is 1. The van der Waals surface area contributed by atoms with E-state index in [0.29, 0.717) is 6.42 Å². The van der Waals surface area contributed by atoms with Crippen LogP contribution in [0.3, 0.4) is 0 Å². The highest BCUT2D eigenvalue weighted by Gasteiger charge is 2.15. The predicted octanol–water partition coefficient (Wildman–Crippen LogP) is 0.149. The lowest BCUT2D eigenvalue weighted by molar-refractivity contribution is -0.121. The number of hydrogen-bond acceptors (Lipinski definition) is 3. The van der Waals surface area contributed by atoms with Crippen LogP contribution in [0.2, 0.25) is 0 Å². The third-order valence-electron chi connectivity index (χ3n) is 2.04. The molecule has 1 aromatic carbocycles. The lowest BCUT2D eigenvalue weighted by atomic mass is 10.1. The van der Waals surface area contributed by atoms with Crippen LogP contribution >= 0.6 is 0 Å². The number of primary amides is 1. The second kappa shape index (κ2) is 5.48. The molecular weight excluding hydrogens is 190 g/mol. The van der Waals surface area contributed by atoms with Crippen LogP contribution in [0.4, 0.5) is 0 Å². The molecule has 1 amide bonds. The Kier molecular flexibility index (Phi) is 4.27.